The summed E-state index contributed by atoms with van der Waals surface area (Å²) >= 11 is 0. The molecule has 1 heterocycles. The molecule has 4 nitrogen and oxygen atoms in total. The first kappa shape index (κ1) is 16.9. The summed E-state index contributed by atoms with van der Waals surface area (Å²) in [5.74, 6) is -0.229. The average Bonchev–Trinajstić information content (AvgIpc) is 2.44. The van der Waals surface area contributed by atoms with Gasteiger partial charge in [0.1, 0.15) is 5.82 Å². The highest BCUT2D eigenvalue weighted by Crippen LogP contribution is 2.15. The summed E-state index contributed by atoms with van der Waals surface area (Å²) in [6.07, 6.45) is 0.264. The second-order valence-corrected chi connectivity index (χ2v) is 6.21. The topological polar surface area (TPSA) is 32.8 Å². The molecule has 0 radical (unpaired) electrons. The maximum atomic E-state index is 13.2. The van der Waals surface area contributed by atoms with Gasteiger partial charge in [0.25, 0.3) is 0 Å². The van der Waals surface area contributed by atoms with E-state index in [4.69, 9.17) is 4.74 Å². The fourth-order valence-corrected chi connectivity index (χ4v) is 3.00. The normalized spacial score (nSPS) is 24.0. The first-order chi connectivity index (χ1) is 10.4. The number of morpholine rings is 1. The van der Waals surface area contributed by atoms with Crippen LogP contribution in [-0.4, -0.2) is 54.1 Å². The van der Waals surface area contributed by atoms with E-state index < -0.39 is 0 Å². The van der Waals surface area contributed by atoms with Gasteiger partial charge in [-0.15, -0.1) is 0 Å². The number of benzene rings is 1. The Morgan fingerprint density at radius 1 is 1.41 bits per heavy atom. The van der Waals surface area contributed by atoms with Crippen molar-refractivity contribution in [1.29, 1.82) is 0 Å². The summed E-state index contributed by atoms with van der Waals surface area (Å²) in [6, 6.07) is 6.17. The number of nitrogens with zero attached hydrogens (tertiary/aromatic N) is 2. The van der Waals surface area contributed by atoms with E-state index >= 15 is 0 Å². The number of hydrogen-bond donors (Lipinski definition) is 0. The molecule has 3 unspecified atom stereocenters. The molecule has 0 bridgehead atoms. The molecule has 0 aliphatic carbocycles. The minimum absolute atomic E-state index is 0.0468. The van der Waals surface area contributed by atoms with Crippen LogP contribution in [0.4, 0.5) is 4.39 Å². The van der Waals surface area contributed by atoms with Gasteiger partial charge in [-0.05, 0) is 38.5 Å². The van der Waals surface area contributed by atoms with Gasteiger partial charge in [-0.1, -0.05) is 12.1 Å². The Bertz CT molecular complexity index is 513. The highest BCUT2D eigenvalue weighted by atomic mass is 19.1. The largest absolute Gasteiger partial charge is 0.373 e. The molecule has 1 fully saturated rings. The Morgan fingerprint density at radius 2 is 2.05 bits per heavy atom. The van der Waals surface area contributed by atoms with Crippen molar-refractivity contribution in [3.8, 4) is 0 Å². The van der Waals surface area contributed by atoms with Crippen LogP contribution < -0.4 is 0 Å². The monoisotopic (exact) mass is 308 g/mol. The molecule has 1 saturated heterocycles. The van der Waals surface area contributed by atoms with Crippen molar-refractivity contribution >= 4 is 5.91 Å². The molecule has 122 valence electrons. The van der Waals surface area contributed by atoms with Crippen molar-refractivity contribution < 1.29 is 13.9 Å². The van der Waals surface area contributed by atoms with Gasteiger partial charge in [0, 0.05) is 26.7 Å². The van der Waals surface area contributed by atoms with Crippen molar-refractivity contribution in [2.75, 3.05) is 20.1 Å². The number of likely N-dealkylation sites (N-methyl/N-ethyl adjacent to an activating group) is 1. The van der Waals surface area contributed by atoms with E-state index in [2.05, 4.69) is 4.90 Å². The predicted molar refractivity (Wildman–Crippen MR) is 83.9 cm³/mol. The Morgan fingerprint density at radius 3 is 2.64 bits per heavy atom. The molecule has 0 aromatic heterocycles. The lowest BCUT2D eigenvalue weighted by atomic mass is 10.1. The van der Waals surface area contributed by atoms with Crippen LogP contribution in [0.3, 0.4) is 0 Å². The number of hydrogen-bond acceptors (Lipinski definition) is 3. The number of amides is 1. The van der Waals surface area contributed by atoms with Crippen molar-refractivity contribution in [3.05, 3.63) is 35.6 Å². The zero-order valence-electron chi connectivity index (χ0n) is 13.8. The number of halogens is 1. The second kappa shape index (κ2) is 7.20. The van der Waals surface area contributed by atoms with Crippen molar-refractivity contribution in [3.63, 3.8) is 0 Å². The zero-order valence-corrected chi connectivity index (χ0v) is 13.8. The van der Waals surface area contributed by atoms with E-state index in [9.17, 15) is 9.18 Å². The maximum Gasteiger partial charge on any atom is 0.239 e. The second-order valence-electron chi connectivity index (χ2n) is 6.21. The molecule has 5 heteroatoms. The van der Waals surface area contributed by atoms with Gasteiger partial charge in [-0.2, -0.15) is 0 Å². The van der Waals surface area contributed by atoms with Crippen molar-refractivity contribution in [2.45, 2.75) is 45.6 Å². The lowest BCUT2D eigenvalue weighted by molar-refractivity contribution is -0.141. The SMILES string of the molecule is CC1CN(C(C)C(=O)N(C)Cc2cccc(F)c2)CC(C)O1. The van der Waals surface area contributed by atoms with Gasteiger partial charge in [0.15, 0.2) is 0 Å². The number of ether oxygens (including phenoxy) is 1. The first-order valence-electron chi connectivity index (χ1n) is 7.75. The van der Waals surface area contributed by atoms with E-state index in [0.717, 1.165) is 18.7 Å². The molecule has 1 aliphatic heterocycles. The third kappa shape index (κ3) is 4.27. The first-order valence-corrected chi connectivity index (χ1v) is 7.75. The molecule has 1 aromatic rings. The van der Waals surface area contributed by atoms with E-state index in [1.54, 1.807) is 18.0 Å². The molecule has 0 spiro atoms. The number of carbonyl (C=O) groups is 1. The van der Waals surface area contributed by atoms with E-state index in [-0.39, 0.29) is 30.0 Å². The minimum Gasteiger partial charge on any atom is -0.373 e. The van der Waals surface area contributed by atoms with Crippen molar-refractivity contribution in [1.82, 2.24) is 9.80 Å². The molecule has 0 N–H and O–H groups in total. The van der Waals surface area contributed by atoms with Gasteiger partial charge in [0.2, 0.25) is 5.91 Å². The van der Waals surface area contributed by atoms with Crippen LogP contribution in [0.5, 0.6) is 0 Å². The summed E-state index contributed by atoms with van der Waals surface area (Å²) in [6.45, 7) is 7.90. The van der Waals surface area contributed by atoms with Crippen LogP contribution in [0.15, 0.2) is 24.3 Å². The smallest absolute Gasteiger partial charge is 0.239 e. The average molecular weight is 308 g/mol. The third-order valence-corrected chi connectivity index (χ3v) is 4.04. The summed E-state index contributed by atoms with van der Waals surface area (Å²) in [5, 5.41) is 0. The van der Waals surface area contributed by atoms with Gasteiger partial charge in [-0.25, -0.2) is 4.39 Å². The third-order valence-electron chi connectivity index (χ3n) is 4.04. The van der Waals surface area contributed by atoms with Gasteiger partial charge in [-0.3, -0.25) is 9.69 Å². The van der Waals surface area contributed by atoms with Crippen LogP contribution in [-0.2, 0) is 16.1 Å². The fourth-order valence-electron chi connectivity index (χ4n) is 3.00. The Balaban J connectivity index is 1.97. The maximum absolute atomic E-state index is 13.2. The fraction of sp³-hybridized carbons (Fsp3) is 0.588. The van der Waals surface area contributed by atoms with Gasteiger partial charge in [0.05, 0.1) is 18.2 Å². The highest BCUT2D eigenvalue weighted by molar-refractivity contribution is 5.81. The standard InChI is InChI=1S/C17H25FN2O2/c1-12-9-20(10-13(2)22-12)14(3)17(21)19(4)11-15-6-5-7-16(18)8-15/h5-8,12-14H,9-11H2,1-4H3. The van der Waals surface area contributed by atoms with Crippen LogP contribution in [0.1, 0.15) is 26.3 Å². The lowest BCUT2D eigenvalue weighted by Gasteiger charge is -2.39. The zero-order chi connectivity index (χ0) is 16.3. The predicted octanol–water partition coefficient (Wildman–Crippen LogP) is 2.28. The molecule has 3 atom stereocenters. The Hall–Kier alpha value is -1.46. The van der Waals surface area contributed by atoms with E-state index in [1.807, 2.05) is 26.8 Å². The summed E-state index contributed by atoms with van der Waals surface area (Å²) in [4.78, 5) is 16.4. The van der Waals surface area contributed by atoms with Crippen molar-refractivity contribution in [2.24, 2.45) is 0 Å². The molecule has 1 aromatic carbocycles. The Kier molecular flexibility index (Phi) is 5.53. The highest BCUT2D eigenvalue weighted by Gasteiger charge is 2.30. The lowest BCUT2D eigenvalue weighted by Crippen LogP contribution is -2.54. The molecule has 1 amide bonds. The summed E-state index contributed by atoms with van der Waals surface area (Å²) < 4.78 is 18.9. The van der Waals surface area contributed by atoms with E-state index in [1.165, 1.54) is 12.1 Å². The Labute approximate surface area is 131 Å². The van der Waals surface area contributed by atoms with E-state index in [0.29, 0.717) is 6.54 Å². The summed E-state index contributed by atoms with van der Waals surface area (Å²) in [7, 11) is 1.76. The quantitative estimate of drug-likeness (QED) is 0.855. The molecule has 2 rings (SSSR count). The van der Waals surface area contributed by atoms with Crippen LogP contribution in [0.2, 0.25) is 0 Å². The molecular formula is C17H25FN2O2. The number of rotatable bonds is 4. The minimum atomic E-state index is -0.276. The van der Waals surface area contributed by atoms with Crippen LogP contribution in [0, 0.1) is 5.82 Å². The number of carbonyl (C=O) groups excluding carboxylic acids is 1. The molecule has 0 saturated carbocycles. The molecule has 1 aliphatic rings. The molecular weight excluding hydrogens is 283 g/mol. The van der Waals surface area contributed by atoms with Gasteiger partial charge < -0.3 is 9.64 Å². The van der Waals surface area contributed by atoms with Crippen LogP contribution in [0.25, 0.3) is 0 Å². The van der Waals surface area contributed by atoms with Crippen LogP contribution >= 0.6 is 0 Å². The van der Waals surface area contributed by atoms with Gasteiger partial charge >= 0.3 is 0 Å². The molecule has 22 heavy (non-hydrogen) atoms. The summed E-state index contributed by atoms with van der Waals surface area (Å²) in [5.41, 5.74) is 0.798.